The molecule has 0 aliphatic carbocycles. The van der Waals surface area contributed by atoms with Gasteiger partial charge in [-0.05, 0) is 6.42 Å². The summed E-state index contributed by atoms with van der Waals surface area (Å²) in [6, 6.07) is 0. The zero-order chi connectivity index (χ0) is 11.8. The quantitative estimate of drug-likeness (QED) is 0.317. The Balaban J connectivity index is 2.34. The number of rotatable bonds is 6. The number of ether oxygens (including phenoxy) is 2. The predicted molar refractivity (Wildman–Crippen MR) is 75.3 cm³/mol. The molecule has 0 N–H and O–H groups in total. The lowest BCUT2D eigenvalue weighted by atomic mass is 10.2. The zero-order valence-electron chi connectivity index (χ0n) is 9.36. The van der Waals surface area contributed by atoms with Crippen LogP contribution in [0.15, 0.2) is 12.2 Å². The summed E-state index contributed by atoms with van der Waals surface area (Å²) in [5.74, 6) is 0.675. The molecule has 92 valence electrons. The fourth-order valence-corrected chi connectivity index (χ4v) is 2.36. The minimum absolute atomic E-state index is 0.00329. The first kappa shape index (κ1) is 14.5. The molecule has 0 unspecified atom stereocenters. The molecule has 0 saturated heterocycles. The number of thioether (sulfide) groups is 1. The molecule has 0 amide bonds. The molecule has 1 aliphatic heterocycles. The average Bonchev–Trinajstić information content (AvgIpc) is 2.28. The Morgan fingerprint density at radius 1 is 1.69 bits per heavy atom. The maximum atomic E-state index is 10.9. The van der Waals surface area contributed by atoms with E-state index in [-0.39, 0.29) is 17.3 Å². The van der Waals surface area contributed by atoms with Gasteiger partial charge in [0.25, 0.3) is 0 Å². The van der Waals surface area contributed by atoms with E-state index in [1.165, 1.54) is 11.8 Å². The van der Waals surface area contributed by atoms with Gasteiger partial charge in [-0.25, -0.2) is 0 Å². The van der Waals surface area contributed by atoms with E-state index >= 15 is 0 Å². The van der Waals surface area contributed by atoms with Crippen LogP contribution in [-0.4, -0.2) is 40.7 Å². The van der Waals surface area contributed by atoms with Crippen LogP contribution in [0.2, 0.25) is 0 Å². The van der Waals surface area contributed by atoms with Crippen LogP contribution in [0.4, 0.5) is 0 Å². The van der Waals surface area contributed by atoms with Gasteiger partial charge in [0.15, 0.2) is 5.12 Å². The summed E-state index contributed by atoms with van der Waals surface area (Å²) in [6.07, 6.45) is 5.08. The van der Waals surface area contributed by atoms with Gasteiger partial charge in [-0.3, -0.25) is 4.79 Å². The lowest BCUT2D eigenvalue weighted by Crippen LogP contribution is -2.35. The Morgan fingerprint density at radius 2 is 2.50 bits per heavy atom. The second-order valence-corrected chi connectivity index (χ2v) is 5.76. The first-order valence-corrected chi connectivity index (χ1v) is 7.84. The van der Waals surface area contributed by atoms with Crippen molar-refractivity contribution in [2.45, 2.75) is 25.6 Å². The minimum Gasteiger partial charge on any atom is -0.371 e. The van der Waals surface area contributed by atoms with Gasteiger partial charge in [0.2, 0.25) is 0 Å². The van der Waals surface area contributed by atoms with Gasteiger partial charge < -0.3 is 9.47 Å². The third-order valence-electron chi connectivity index (χ3n) is 2.14. The topological polar surface area (TPSA) is 35.5 Å². The number of alkyl halides is 1. The Kier molecular flexibility index (Phi) is 7.68. The molecule has 16 heavy (non-hydrogen) atoms. The molecule has 0 bridgehead atoms. The molecule has 0 saturated carbocycles. The van der Waals surface area contributed by atoms with E-state index in [4.69, 9.17) is 9.47 Å². The summed E-state index contributed by atoms with van der Waals surface area (Å²) in [5, 5.41) is 0.129. The number of carbonyl (C=O) groups is 1. The lowest BCUT2D eigenvalue weighted by Gasteiger charge is -2.27. The molecule has 1 rings (SSSR count). The Hall–Kier alpha value is 0.410. The molecule has 1 heterocycles. The summed E-state index contributed by atoms with van der Waals surface area (Å²) >= 11 is 3.64. The summed E-state index contributed by atoms with van der Waals surface area (Å²) < 4.78 is 12.4. The van der Waals surface area contributed by atoms with E-state index in [1.807, 2.05) is 12.2 Å². The van der Waals surface area contributed by atoms with Crippen molar-refractivity contribution in [2.75, 3.05) is 23.4 Å². The Labute approximate surface area is 114 Å². The highest BCUT2D eigenvalue weighted by Crippen LogP contribution is 2.17. The minimum atomic E-state index is 0.00329. The predicted octanol–water partition coefficient (Wildman–Crippen LogP) is 2.43. The molecular weight excluding hydrogens is 339 g/mol. The lowest BCUT2D eigenvalue weighted by molar-refractivity contribution is -0.109. The van der Waals surface area contributed by atoms with Crippen LogP contribution >= 0.6 is 34.4 Å². The van der Waals surface area contributed by atoms with Crippen molar-refractivity contribution >= 4 is 39.5 Å². The maximum absolute atomic E-state index is 10.9. The van der Waals surface area contributed by atoms with Crippen molar-refractivity contribution in [2.24, 2.45) is 0 Å². The van der Waals surface area contributed by atoms with Gasteiger partial charge >= 0.3 is 0 Å². The highest BCUT2D eigenvalue weighted by Gasteiger charge is 2.23. The van der Waals surface area contributed by atoms with Crippen molar-refractivity contribution < 1.29 is 14.3 Å². The SMILES string of the molecule is CC(=O)SC[C@H]1OCC=C[C@@H]1OCCCI. The molecule has 3 nitrogen and oxygen atoms in total. The van der Waals surface area contributed by atoms with Crippen molar-refractivity contribution in [1.29, 1.82) is 0 Å². The third kappa shape index (κ3) is 5.65. The summed E-state index contributed by atoms with van der Waals surface area (Å²) in [6.45, 7) is 2.95. The number of carbonyl (C=O) groups excluding carboxylic acids is 1. The van der Waals surface area contributed by atoms with E-state index in [0.717, 1.165) is 17.5 Å². The molecule has 0 aromatic carbocycles. The van der Waals surface area contributed by atoms with Crippen molar-refractivity contribution in [1.82, 2.24) is 0 Å². The molecule has 2 atom stereocenters. The van der Waals surface area contributed by atoms with Gasteiger partial charge in [-0.2, -0.15) is 0 Å². The van der Waals surface area contributed by atoms with Gasteiger partial charge in [-0.15, -0.1) is 0 Å². The van der Waals surface area contributed by atoms with Crippen LogP contribution in [0.25, 0.3) is 0 Å². The Morgan fingerprint density at radius 3 is 3.19 bits per heavy atom. The number of hydrogen-bond acceptors (Lipinski definition) is 4. The molecule has 0 aromatic heterocycles. The summed E-state index contributed by atoms with van der Waals surface area (Å²) in [5.41, 5.74) is 0. The normalized spacial score (nSPS) is 24.6. The fraction of sp³-hybridized carbons (Fsp3) is 0.727. The first-order chi connectivity index (χ1) is 7.74. The highest BCUT2D eigenvalue weighted by molar-refractivity contribution is 14.1. The second kappa shape index (κ2) is 8.49. The number of hydrogen-bond donors (Lipinski definition) is 0. The molecule has 0 fully saturated rings. The van der Waals surface area contributed by atoms with Crippen molar-refractivity contribution in [3.05, 3.63) is 12.2 Å². The Bertz CT molecular complexity index is 245. The van der Waals surface area contributed by atoms with Gasteiger partial charge in [0, 0.05) is 23.7 Å². The first-order valence-electron chi connectivity index (χ1n) is 5.33. The van der Waals surface area contributed by atoms with E-state index in [9.17, 15) is 4.79 Å². The van der Waals surface area contributed by atoms with E-state index in [0.29, 0.717) is 12.4 Å². The molecule has 0 spiro atoms. The fourth-order valence-electron chi connectivity index (χ4n) is 1.37. The monoisotopic (exact) mass is 356 g/mol. The summed E-state index contributed by atoms with van der Waals surface area (Å²) in [7, 11) is 0. The van der Waals surface area contributed by atoms with Crippen molar-refractivity contribution in [3.8, 4) is 0 Å². The molecule has 1 aliphatic rings. The summed E-state index contributed by atoms with van der Waals surface area (Å²) in [4.78, 5) is 10.9. The van der Waals surface area contributed by atoms with E-state index < -0.39 is 0 Å². The second-order valence-electron chi connectivity index (χ2n) is 3.48. The largest absolute Gasteiger partial charge is 0.371 e. The molecular formula is C11H17IO3S. The van der Waals surface area contributed by atoms with E-state index in [2.05, 4.69) is 22.6 Å². The zero-order valence-corrected chi connectivity index (χ0v) is 12.3. The van der Waals surface area contributed by atoms with Crippen LogP contribution in [0.1, 0.15) is 13.3 Å². The van der Waals surface area contributed by atoms with Crippen LogP contribution in [-0.2, 0) is 14.3 Å². The third-order valence-corrected chi connectivity index (χ3v) is 3.80. The van der Waals surface area contributed by atoms with Crippen molar-refractivity contribution in [3.63, 3.8) is 0 Å². The van der Waals surface area contributed by atoms with Crippen LogP contribution in [0.5, 0.6) is 0 Å². The standard InChI is InChI=1S/C11H17IO3S/c1-9(13)16-8-11-10(4-2-6-15-11)14-7-3-5-12/h2,4,10-11H,3,5-8H2,1H3/t10-,11+/m0/s1. The van der Waals surface area contributed by atoms with Gasteiger partial charge in [0.1, 0.15) is 6.10 Å². The van der Waals surface area contributed by atoms with Gasteiger partial charge in [0.05, 0.1) is 12.7 Å². The number of halogens is 1. The molecule has 0 radical (unpaired) electrons. The molecule has 0 aromatic rings. The van der Waals surface area contributed by atoms with Crippen LogP contribution in [0.3, 0.4) is 0 Å². The van der Waals surface area contributed by atoms with Crippen LogP contribution < -0.4 is 0 Å². The average molecular weight is 356 g/mol. The van der Waals surface area contributed by atoms with Crippen LogP contribution in [0, 0.1) is 0 Å². The maximum Gasteiger partial charge on any atom is 0.185 e. The molecule has 5 heteroatoms. The van der Waals surface area contributed by atoms with Gasteiger partial charge in [-0.1, -0.05) is 46.5 Å². The smallest absolute Gasteiger partial charge is 0.185 e. The highest BCUT2D eigenvalue weighted by atomic mass is 127. The van der Waals surface area contributed by atoms with E-state index in [1.54, 1.807) is 6.92 Å².